The number of nitrogens with one attached hydrogen (secondary N) is 1. The van der Waals surface area contributed by atoms with Crippen molar-refractivity contribution in [1.82, 2.24) is 10.2 Å². The summed E-state index contributed by atoms with van der Waals surface area (Å²) in [5, 5.41) is 3.13. The lowest BCUT2D eigenvalue weighted by Crippen LogP contribution is -2.35. The molecule has 1 saturated heterocycles. The number of rotatable bonds is 4. The average molecular weight is 322 g/mol. The molecule has 0 atom stereocenters. The highest BCUT2D eigenvalue weighted by Gasteiger charge is 2.32. The number of carbonyl (C=O) groups excluding carboxylic acids is 2. The van der Waals surface area contributed by atoms with E-state index in [1.807, 2.05) is 36.4 Å². The third-order valence-electron chi connectivity index (χ3n) is 3.47. The first-order valence-electron chi connectivity index (χ1n) is 7.13. The molecule has 0 aromatic heterocycles. The zero-order chi connectivity index (χ0) is 16.2. The van der Waals surface area contributed by atoms with Gasteiger partial charge in [0.1, 0.15) is 5.70 Å². The molecule has 0 radical (unpaired) electrons. The molecule has 0 spiro atoms. The van der Waals surface area contributed by atoms with Crippen molar-refractivity contribution >= 4 is 35.1 Å². The van der Waals surface area contributed by atoms with Gasteiger partial charge in [-0.25, -0.2) is 0 Å². The molecule has 2 aromatic rings. The van der Waals surface area contributed by atoms with E-state index >= 15 is 0 Å². The van der Waals surface area contributed by atoms with Crippen molar-refractivity contribution in [2.45, 2.75) is 0 Å². The van der Waals surface area contributed by atoms with Gasteiger partial charge in [-0.15, -0.1) is 0 Å². The van der Waals surface area contributed by atoms with E-state index in [1.165, 1.54) is 4.90 Å². The fourth-order valence-electron chi connectivity index (χ4n) is 2.29. The smallest absolute Gasteiger partial charge is 0.276 e. The van der Waals surface area contributed by atoms with E-state index in [-0.39, 0.29) is 23.3 Å². The molecule has 5 heteroatoms. The summed E-state index contributed by atoms with van der Waals surface area (Å²) in [5.74, 6) is -0.438. The molecule has 1 aliphatic heterocycles. The summed E-state index contributed by atoms with van der Waals surface area (Å²) in [5.41, 5.74) is 1.83. The molecule has 3 rings (SSSR count). The van der Waals surface area contributed by atoms with Crippen LogP contribution in [0.5, 0.6) is 0 Å². The summed E-state index contributed by atoms with van der Waals surface area (Å²) < 4.78 is 0. The van der Waals surface area contributed by atoms with Crippen LogP contribution in [0.1, 0.15) is 15.9 Å². The zero-order valence-corrected chi connectivity index (χ0v) is 13.0. The van der Waals surface area contributed by atoms with Gasteiger partial charge in [0, 0.05) is 5.56 Å². The number of carbonyl (C=O) groups is 2. The van der Waals surface area contributed by atoms with E-state index in [0.29, 0.717) is 11.3 Å². The third-order valence-corrected chi connectivity index (χ3v) is 3.79. The maximum Gasteiger partial charge on any atom is 0.276 e. The second kappa shape index (κ2) is 6.54. The molecular weight excluding hydrogens is 308 g/mol. The average Bonchev–Trinajstić information content (AvgIpc) is 2.84. The maximum atomic E-state index is 12.4. The molecule has 0 unspecified atom stereocenters. The van der Waals surface area contributed by atoms with Crippen molar-refractivity contribution < 1.29 is 9.59 Å². The predicted molar refractivity (Wildman–Crippen MR) is 92.6 cm³/mol. The lowest BCUT2D eigenvalue weighted by atomic mass is 10.1. The van der Waals surface area contributed by atoms with Crippen LogP contribution in [0, 0.1) is 0 Å². The Morgan fingerprint density at radius 3 is 2.30 bits per heavy atom. The summed E-state index contributed by atoms with van der Waals surface area (Å²) in [6, 6.07) is 18.3. The Kier molecular flexibility index (Phi) is 4.30. The number of benzene rings is 2. The van der Waals surface area contributed by atoms with Crippen molar-refractivity contribution in [2.24, 2.45) is 0 Å². The third kappa shape index (κ3) is 3.35. The van der Waals surface area contributed by atoms with Crippen LogP contribution in [0.4, 0.5) is 0 Å². The molecule has 0 bridgehead atoms. The lowest BCUT2D eigenvalue weighted by Gasteiger charge is -2.12. The molecule has 4 nitrogen and oxygen atoms in total. The molecule has 0 saturated carbocycles. The van der Waals surface area contributed by atoms with E-state index in [2.05, 4.69) is 5.32 Å². The minimum atomic E-state index is -0.289. The Morgan fingerprint density at radius 1 is 1.04 bits per heavy atom. The molecule has 1 N–H and O–H groups in total. The molecule has 2 aromatic carbocycles. The normalized spacial score (nSPS) is 15.8. The number of ketones is 1. The highest BCUT2D eigenvalue weighted by molar-refractivity contribution is 7.80. The van der Waals surface area contributed by atoms with Crippen molar-refractivity contribution in [1.29, 1.82) is 0 Å². The monoisotopic (exact) mass is 322 g/mol. The number of Topliss-reactive ketones (excluding diaryl/α,β-unsaturated/α-hetero) is 1. The highest BCUT2D eigenvalue weighted by atomic mass is 32.1. The standard InChI is InChI=1S/C18H14N2O2S/c21-16(14-9-5-2-6-10-14)12-20-17(22)15(19-18(20)23)11-13-7-3-1-4-8-13/h1-11H,12H2,(H,19,23). The largest absolute Gasteiger partial charge is 0.328 e. The van der Waals surface area contributed by atoms with Gasteiger partial charge in [-0.1, -0.05) is 60.7 Å². The van der Waals surface area contributed by atoms with Crippen molar-refractivity contribution in [3.8, 4) is 0 Å². The van der Waals surface area contributed by atoms with Gasteiger partial charge in [0.05, 0.1) is 6.54 Å². The van der Waals surface area contributed by atoms with Crippen LogP contribution in [-0.4, -0.2) is 28.2 Å². The predicted octanol–water partition coefficient (Wildman–Crippen LogP) is 2.63. The van der Waals surface area contributed by atoms with E-state index in [9.17, 15) is 9.59 Å². The minimum absolute atomic E-state index is 0.0686. The van der Waals surface area contributed by atoms with Gasteiger partial charge >= 0.3 is 0 Å². The van der Waals surface area contributed by atoms with Crippen LogP contribution < -0.4 is 5.32 Å². The lowest BCUT2D eigenvalue weighted by molar-refractivity contribution is -0.122. The second-order valence-corrected chi connectivity index (χ2v) is 5.47. The van der Waals surface area contributed by atoms with Crippen LogP contribution >= 0.6 is 12.2 Å². The Bertz CT molecular complexity index is 785. The van der Waals surface area contributed by atoms with Crippen molar-refractivity contribution in [2.75, 3.05) is 6.54 Å². The van der Waals surface area contributed by atoms with E-state index in [4.69, 9.17) is 12.2 Å². The molecule has 0 aliphatic carbocycles. The first kappa shape index (κ1) is 15.1. The molecular formula is C18H14N2O2S. The number of nitrogens with zero attached hydrogens (tertiary/aromatic N) is 1. The molecule has 1 heterocycles. The second-order valence-electron chi connectivity index (χ2n) is 5.08. The topological polar surface area (TPSA) is 49.4 Å². The van der Waals surface area contributed by atoms with Gasteiger partial charge in [0.25, 0.3) is 5.91 Å². The first-order valence-corrected chi connectivity index (χ1v) is 7.54. The van der Waals surface area contributed by atoms with Crippen LogP contribution in [0.25, 0.3) is 6.08 Å². The van der Waals surface area contributed by atoms with Crippen LogP contribution in [0.3, 0.4) is 0 Å². The molecule has 1 aliphatic rings. The van der Waals surface area contributed by atoms with Gasteiger partial charge in [-0.3, -0.25) is 14.5 Å². The Hall–Kier alpha value is -2.79. The van der Waals surface area contributed by atoms with Crippen molar-refractivity contribution in [3.63, 3.8) is 0 Å². The van der Waals surface area contributed by atoms with E-state index in [0.717, 1.165) is 5.56 Å². The summed E-state index contributed by atoms with van der Waals surface area (Å²) in [7, 11) is 0. The Balaban J connectivity index is 1.77. The maximum absolute atomic E-state index is 12.4. The summed E-state index contributed by atoms with van der Waals surface area (Å²) in [6.45, 7) is -0.0686. The number of amides is 1. The molecule has 1 fully saturated rings. The fourth-order valence-corrected chi connectivity index (χ4v) is 2.55. The first-order chi connectivity index (χ1) is 11.1. The number of hydrogen-bond donors (Lipinski definition) is 1. The minimum Gasteiger partial charge on any atom is -0.328 e. The van der Waals surface area contributed by atoms with Gasteiger partial charge in [0.15, 0.2) is 10.9 Å². The zero-order valence-electron chi connectivity index (χ0n) is 12.2. The van der Waals surface area contributed by atoms with Gasteiger partial charge in [-0.05, 0) is 23.9 Å². The van der Waals surface area contributed by atoms with Crippen LogP contribution in [-0.2, 0) is 4.79 Å². The fraction of sp³-hybridized carbons (Fsp3) is 0.0556. The Labute approximate surface area is 139 Å². The molecule has 114 valence electrons. The summed E-state index contributed by atoms with van der Waals surface area (Å²) in [6.07, 6.45) is 1.72. The SMILES string of the molecule is O=C(CN1C(=O)C(=Cc2ccccc2)NC1=S)c1ccccc1. The van der Waals surface area contributed by atoms with Gasteiger partial charge < -0.3 is 5.32 Å². The van der Waals surface area contributed by atoms with Crippen LogP contribution in [0.2, 0.25) is 0 Å². The van der Waals surface area contributed by atoms with Crippen LogP contribution in [0.15, 0.2) is 66.4 Å². The summed E-state index contributed by atoms with van der Waals surface area (Å²) in [4.78, 5) is 26.0. The van der Waals surface area contributed by atoms with E-state index in [1.54, 1.807) is 30.3 Å². The van der Waals surface area contributed by atoms with Gasteiger partial charge in [-0.2, -0.15) is 0 Å². The quantitative estimate of drug-likeness (QED) is 0.534. The molecule has 23 heavy (non-hydrogen) atoms. The molecule has 1 amide bonds. The summed E-state index contributed by atoms with van der Waals surface area (Å²) >= 11 is 5.18. The number of hydrogen-bond acceptors (Lipinski definition) is 3. The van der Waals surface area contributed by atoms with Crippen molar-refractivity contribution in [3.05, 3.63) is 77.5 Å². The highest BCUT2D eigenvalue weighted by Crippen LogP contribution is 2.15. The Morgan fingerprint density at radius 2 is 1.65 bits per heavy atom. The van der Waals surface area contributed by atoms with E-state index < -0.39 is 0 Å². The van der Waals surface area contributed by atoms with Gasteiger partial charge in [0.2, 0.25) is 0 Å². The number of thiocarbonyl (C=S) groups is 1.